The number of hydrogen-bond donors (Lipinski definition) is 2. The predicted molar refractivity (Wildman–Crippen MR) is 103 cm³/mol. The van der Waals surface area contributed by atoms with Gasteiger partial charge in [-0.1, -0.05) is 12.1 Å². The number of amides is 3. The van der Waals surface area contributed by atoms with Gasteiger partial charge in [-0.2, -0.15) is 0 Å². The zero-order valence-electron chi connectivity index (χ0n) is 15.5. The summed E-state index contributed by atoms with van der Waals surface area (Å²) in [6.07, 6.45) is 4.02. The summed E-state index contributed by atoms with van der Waals surface area (Å²) in [5, 5.41) is 5.84. The number of carbonyl (C=O) groups is 2. The third-order valence-electron chi connectivity index (χ3n) is 4.86. The number of piperidine rings is 1. The molecule has 3 amide bonds. The van der Waals surface area contributed by atoms with E-state index in [1.807, 2.05) is 24.3 Å². The predicted octanol–water partition coefficient (Wildman–Crippen LogP) is 2.62. The Morgan fingerprint density at radius 1 is 1.15 bits per heavy atom. The molecule has 7 heteroatoms. The van der Waals surface area contributed by atoms with E-state index in [1.54, 1.807) is 43.5 Å². The number of rotatable bonds is 4. The summed E-state index contributed by atoms with van der Waals surface area (Å²) in [5.41, 5.74) is 1.79. The van der Waals surface area contributed by atoms with Crippen LogP contribution in [0.3, 0.4) is 0 Å². The largest absolute Gasteiger partial charge is 0.497 e. The topological polar surface area (TPSA) is 83.6 Å². The molecule has 1 saturated heterocycles. The van der Waals surface area contributed by atoms with Crippen molar-refractivity contribution in [3.05, 3.63) is 54.4 Å². The lowest BCUT2D eigenvalue weighted by Crippen LogP contribution is -2.53. The summed E-state index contributed by atoms with van der Waals surface area (Å²) in [5.74, 6) is 0.930. The number of aromatic nitrogens is 1. The molecule has 1 aliphatic rings. The minimum absolute atomic E-state index is 0.0181. The lowest BCUT2D eigenvalue weighted by molar-refractivity contribution is -0.130. The summed E-state index contributed by atoms with van der Waals surface area (Å²) in [4.78, 5) is 30.0. The van der Waals surface area contributed by atoms with Gasteiger partial charge >= 0.3 is 6.03 Å². The Bertz CT molecular complexity index is 780. The molecule has 2 atom stereocenters. The molecule has 2 heterocycles. The Labute approximate surface area is 158 Å². The number of benzene rings is 1. The van der Waals surface area contributed by atoms with Crippen molar-refractivity contribution in [2.75, 3.05) is 25.5 Å². The first-order valence-electron chi connectivity index (χ1n) is 8.94. The molecule has 7 nitrogen and oxygen atoms in total. The van der Waals surface area contributed by atoms with E-state index in [0.717, 1.165) is 17.7 Å². The van der Waals surface area contributed by atoms with Crippen LogP contribution in [-0.4, -0.2) is 48.1 Å². The third kappa shape index (κ3) is 4.75. The zero-order chi connectivity index (χ0) is 19.2. The van der Waals surface area contributed by atoms with Gasteiger partial charge in [-0.15, -0.1) is 0 Å². The van der Waals surface area contributed by atoms with Crippen LogP contribution < -0.4 is 15.4 Å². The zero-order valence-corrected chi connectivity index (χ0v) is 15.5. The summed E-state index contributed by atoms with van der Waals surface area (Å²) >= 11 is 0. The van der Waals surface area contributed by atoms with E-state index in [2.05, 4.69) is 15.6 Å². The van der Waals surface area contributed by atoms with Crippen LogP contribution in [0.25, 0.3) is 0 Å². The molecule has 0 radical (unpaired) electrons. The van der Waals surface area contributed by atoms with Gasteiger partial charge in [0.2, 0.25) is 5.91 Å². The second-order valence-corrected chi connectivity index (χ2v) is 6.57. The van der Waals surface area contributed by atoms with Crippen molar-refractivity contribution in [2.24, 2.45) is 0 Å². The van der Waals surface area contributed by atoms with Crippen LogP contribution >= 0.6 is 0 Å². The highest BCUT2D eigenvalue weighted by Gasteiger charge is 2.32. The van der Waals surface area contributed by atoms with Crippen molar-refractivity contribution in [1.29, 1.82) is 0 Å². The number of hydrogen-bond acceptors (Lipinski definition) is 4. The highest BCUT2D eigenvalue weighted by molar-refractivity contribution is 5.89. The van der Waals surface area contributed by atoms with Crippen LogP contribution in [-0.2, 0) is 4.79 Å². The average Bonchev–Trinajstić information content (AvgIpc) is 2.68. The Morgan fingerprint density at radius 2 is 1.85 bits per heavy atom. The van der Waals surface area contributed by atoms with Gasteiger partial charge in [0.05, 0.1) is 13.2 Å². The highest BCUT2D eigenvalue weighted by Crippen LogP contribution is 2.30. The SMILES string of the molecule is COc1ccc([C@@H]2CCN(C(C)=O)C[C@H]2NC(=O)Nc2ccncc2)cc1. The van der Waals surface area contributed by atoms with Gasteiger partial charge in [-0.25, -0.2) is 4.79 Å². The van der Waals surface area contributed by atoms with E-state index < -0.39 is 0 Å². The van der Waals surface area contributed by atoms with E-state index in [-0.39, 0.29) is 23.9 Å². The molecular weight excluding hydrogens is 344 g/mol. The van der Waals surface area contributed by atoms with Crippen molar-refractivity contribution in [2.45, 2.75) is 25.3 Å². The van der Waals surface area contributed by atoms with E-state index >= 15 is 0 Å². The number of ether oxygens (including phenoxy) is 1. The van der Waals surface area contributed by atoms with E-state index in [4.69, 9.17) is 4.74 Å². The number of methoxy groups -OCH3 is 1. The molecule has 0 unspecified atom stereocenters. The fourth-order valence-electron chi connectivity index (χ4n) is 3.41. The number of pyridine rings is 1. The maximum atomic E-state index is 12.5. The highest BCUT2D eigenvalue weighted by atomic mass is 16.5. The lowest BCUT2D eigenvalue weighted by atomic mass is 9.85. The van der Waals surface area contributed by atoms with Crippen LogP contribution in [0.15, 0.2) is 48.8 Å². The first-order chi connectivity index (χ1) is 13.1. The second-order valence-electron chi connectivity index (χ2n) is 6.57. The fraction of sp³-hybridized carbons (Fsp3) is 0.350. The Hall–Kier alpha value is -3.09. The molecule has 1 aromatic carbocycles. The molecule has 1 aliphatic heterocycles. The number of nitrogens with zero attached hydrogens (tertiary/aromatic N) is 2. The second kappa shape index (κ2) is 8.53. The first-order valence-corrected chi connectivity index (χ1v) is 8.94. The molecule has 142 valence electrons. The van der Waals surface area contributed by atoms with Gasteiger partial charge in [0.25, 0.3) is 0 Å². The van der Waals surface area contributed by atoms with E-state index in [0.29, 0.717) is 18.8 Å². The van der Waals surface area contributed by atoms with Crippen LogP contribution in [0.4, 0.5) is 10.5 Å². The monoisotopic (exact) mass is 368 g/mol. The normalized spacial score (nSPS) is 19.3. The number of likely N-dealkylation sites (tertiary alicyclic amines) is 1. The van der Waals surface area contributed by atoms with E-state index in [1.165, 1.54) is 0 Å². The Kier molecular flexibility index (Phi) is 5.90. The Balaban J connectivity index is 1.74. The number of nitrogens with one attached hydrogen (secondary N) is 2. The number of carbonyl (C=O) groups excluding carboxylic acids is 2. The molecule has 0 spiro atoms. The molecule has 0 saturated carbocycles. The molecule has 2 N–H and O–H groups in total. The van der Waals surface area contributed by atoms with Crippen molar-refractivity contribution >= 4 is 17.6 Å². The van der Waals surface area contributed by atoms with Gasteiger partial charge in [0, 0.05) is 44.0 Å². The number of urea groups is 1. The molecule has 2 aromatic rings. The molecule has 3 rings (SSSR count). The van der Waals surface area contributed by atoms with Crippen molar-refractivity contribution < 1.29 is 14.3 Å². The number of anilines is 1. The molecular formula is C20H24N4O3. The summed E-state index contributed by atoms with van der Waals surface area (Å²) in [6.45, 7) is 2.72. The Morgan fingerprint density at radius 3 is 2.48 bits per heavy atom. The molecule has 1 fully saturated rings. The molecule has 0 bridgehead atoms. The van der Waals surface area contributed by atoms with Crippen molar-refractivity contribution in [3.8, 4) is 5.75 Å². The van der Waals surface area contributed by atoms with Crippen LogP contribution in [0.1, 0.15) is 24.8 Å². The van der Waals surface area contributed by atoms with Gasteiger partial charge in [-0.3, -0.25) is 9.78 Å². The summed E-state index contributed by atoms with van der Waals surface area (Å²) in [6, 6.07) is 10.8. The summed E-state index contributed by atoms with van der Waals surface area (Å²) < 4.78 is 5.23. The van der Waals surface area contributed by atoms with Crippen LogP contribution in [0.2, 0.25) is 0 Å². The molecule has 0 aliphatic carbocycles. The first kappa shape index (κ1) is 18.7. The van der Waals surface area contributed by atoms with Crippen molar-refractivity contribution in [1.82, 2.24) is 15.2 Å². The lowest BCUT2D eigenvalue weighted by Gasteiger charge is -2.38. The van der Waals surface area contributed by atoms with Crippen LogP contribution in [0.5, 0.6) is 5.75 Å². The maximum absolute atomic E-state index is 12.5. The quantitative estimate of drug-likeness (QED) is 0.869. The summed E-state index contributed by atoms with van der Waals surface area (Å²) in [7, 11) is 1.63. The van der Waals surface area contributed by atoms with Gasteiger partial charge in [0.15, 0.2) is 0 Å². The van der Waals surface area contributed by atoms with Gasteiger partial charge < -0.3 is 20.3 Å². The standard InChI is InChI=1S/C20H24N4O3/c1-14(25)24-12-9-18(15-3-5-17(27-2)6-4-15)19(13-24)23-20(26)22-16-7-10-21-11-8-16/h3-8,10-11,18-19H,9,12-13H2,1-2H3,(H2,21,22,23,26)/t18-,19+/m0/s1. The molecule has 1 aromatic heterocycles. The fourth-order valence-corrected chi connectivity index (χ4v) is 3.41. The average molecular weight is 368 g/mol. The molecule has 27 heavy (non-hydrogen) atoms. The van der Waals surface area contributed by atoms with Crippen molar-refractivity contribution in [3.63, 3.8) is 0 Å². The minimum atomic E-state index is -0.296. The van der Waals surface area contributed by atoms with Crippen LogP contribution in [0, 0.1) is 0 Å². The maximum Gasteiger partial charge on any atom is 0.319 e. The van der Waals surface area contributed by atoms with Gasteiger partial charge in [0.1, 0.15) is 5.75 Å². The smallest absolute Gasteiger partial charge is 0.319 e. The van der Waals surface area contributed by atoms with E-state index in [9.17, 15) is 9.59 Å². The van der Waals surface area contributed by atoms with Gasteiger partial charge in [-0.05, 0) is 36.2 Å². The minimum Gasteiger partial charge on any atom is -0.497 e. The third-order valence-corrected chi connectivity index (χ3v) is 4.86.